The van der Waals surface area contributed by atoms with Crippen LogP contribution in [-0.4, -0.2) is 47.0 Å². The SMILES string of the molecule is CN(CC(F)F)C(=O)Nc1ccc(CC(=O)O)nc1. The van der Waals surface area contributed by atoms with Gasteiger partial charge < -0.3 is 15.3 Å². The smallest absolute Gasteiger partial charge is 0.321 e. The molecule has 0 aliphatic rings. The highest BCUT2D eigenvalue weighted by Gasteiger charge is 2.14. The number of aromatic nitrogens is 1. The van der Waals surface area contributed by atoms with Crippen molar-refractivity contribution in [1.82, 2.24) is 9.88 Å². The van der Waals surface area contributed by atoms with Crippen molar-refractivity contribution in [2.75, 3.05) is 18.9 Å². The zero-order valence-corrected chi connectivity index (χ0v) is 10.1. The van der Waals surface area contributed by atoms with E-state index in [1.165, 1.54) is 25.4 Å². The quantitative estimate of drug-likeness (QED) is 0.850. The number of aliphatic carboxylic acids is 1. The monoisotopic (exact) mass is 273 g/mol. The van der Waals surface area contributed by atoms with Gasteiger partial charge in [0, 0.05) is 7.05 Å². The van der Waals surface area contributed by atoms with E-state index in [4.69, 9.17) is 5.11 Å². The second-order valence-electron chi connectivity index (χ2n) is 3.81. The topological polar surface area (TPSA) is 82.5 Å². The maximum Gasteiger partial charge on any atom is 0.321 e. The molecule has 0 aliphatic carbocycles. The summed E-state index contributed by atoms with van der Waals surface area (Å²) in [6.45, 7) is -0.670. The third kappa shape index (κ3) is 5.28. The first kappa shape index (κ1) is 14.8. The molecule has 0 saturated carbocycles. The van der Waals surface area contributed by atoms with Crippen molar-refractivity contribution in [3.63, 3.8) is 0 Å². The molecule has 8 heteroatoms. The molecule has 2 amide bonds. The lowest BCUT2D eigenvalue weighted by atomic mass is 10.2. The van der Waals surface area contributed by atoms with Gasteiger partial charge in [-0.15, -0.1) is 0 Å². The summed E-state index contributed by atoms with van der Waals surface area (Å²) in [5, 5.41) is 10.9. The first-order valence-electron chi connectivity index (χ1n) is 5.35. The van der Waals surface area contributed by atoms with Crippen LogP contribution >= 0.6 is 0 Å². The van der Waals surface area contributed by atoms with E-state index in [1.54, 1.807) is 0 Å². The van der Waals surface area contributed by atoms with Crippen LogP contribution in [0.3, 0.4) is 0 Å². The highest BCUT2D eigenvalue weighted by Crippen LogP contribution is 2.08. The molecule has 0 fully saturated rings. The highest BCUT2D eigenvalue weighted by atomic mass is 19.3. The molecule has 0 aliphatic heterocycles. The number of amides is 2. The molecular weight excluding hydrogens is 260 g/mol. The van der Waals surface area contributed by atoms with Crippen molar-refractivity contribution in [1.29, 1.82) is 0 Å². The van der Waals surface area contributed by atoms with Gasteiger partial charge in [0.1, 0.15) is 0 Å². The van der Waals surface area contributed by atoms with Gasteiger partial charge in [0.15, 0.2) is 0 Å². The Hall–Kier alpha value is -2.25. The third-order valence-corrected chi connectivity index (χ3v) is 2.17. The maximum absolute atomic E-state index is 12.1. The molecule has 1 heterocycles. The number of carbonyl (C=O) groups is 2. The highest BCUT2D eigenvalue weighted by molar-refractivity contribution is 5.88. The maximum atomic E-state index is 12.1. The lowest BCUT2D eigenvalue weighted by molar-refractivity contribution is -0.136. The molecule has 0 aromatic carbocycles. The lowest BCUT2D eigenvalue weighted by Gasteiger charge is -2.17. The molecule has 0 radical (unpaired) electrons. The molecule has 0 spiro atoms. The summed E-state index contributed by atoms with van der Waals surface area (Å²) in [6.07, 6.45) is -1.56. The minimum atomic E-state index is -2.60. The van der Waals surface area contributed by atoms with E-state index in [2.05, 4.69) is 10.3 Å². The summed E-state index contributed by atoms with van der Waals surface area (Å²) in [7, 11) is 1.24. The number of pyridine rings is 1. The Morgan fingerprint density at radius 3 is 2.63 bits per heavy atom. The second-order valence-corrected chi connectivity index (χ2v) is 3.81. The average Bonchev–Trinajstić information content (AvgIpc) is 2.30. The van der Waals surface area contributed by atoms with Gasteiger partial charge in [-0.1, -0.05) is 0 Å². The largest absolute Gasteiger partial charge is 0.481 e. The first-order chi connectivity index (χ1) is 8.88. The molecule has 1 aromatic heterocycles. The minimum absolute atomic E-state index is 0.223. The van der Waals surface area contributed by atoms with E-state index in [9.17, 15) is 18.4 Å². The van der Waals surface area contributed by atoms with Crippen LogP contribution in [0.2, 0.25) is 0 Å². The second kappa shape index (κ2) is 6.62. The number of nitrogens with zero attached hydrogens (tertiary/aromatic N) is 2. The number of anilines is 1. The van der Waals surface area contributed by atoms with E-state index >= 15 is 0 Å². The van der Waals surface area contributed by atoms with Gasteiger partial charge in [-0.05, 0) is 12.1 Å². The standard InChI is InChI=1S/C11H13F2N3O3/c1-16(6-9(12)13)11(19)15-8-3-2-7(14-5-8)4-10(17)18/h2-3,5,9H,4,6H2,1H3,(H,15,19)(H,17,18). The fourth-order valence-electron chi connectivity index (χ4n) is 1.27. The van der Waals surface area contributed by atoms with Crippen LogP contribution < -0.4 is 5.32 Å². The number of halogens is 2. The number of alkyl halides is 2. The molecule has 6 nitrogen and oxygen atoms in total. The van der Waals surface area contributed by atoms with Crippen LogP contribution in [-0.2, 0) is 11.2 Å². The van der Waals surface area contributed by atoms with Crippen LogP contribution in [0, 0.1) is 0 Å². The number of urea groups is 1. The van der Waals surface area contributed by atoms with E-state index in [0.29, 0.717) is 11.4 Å². The van der Waals surface area contributed by atoms with E-state index in [0.717, 1.165) is 4.90 Å². The van der Waals surface area contributed by atoms with Gasteiger partial charge in [0.25, 0.3) is 6.43 Å². The van der Waals surface area contributed by atoms with Crippen molar-refractivity contribution < 1.29 is 23.5 Å². The van der Waals surface area contributed by atoms with Crippen molar-refractivity contribution in [3.8, 4) is 0 Å². The molecule has 1 rings (SSSR count). The summed E-state index contributed by atoms with van der Waals surface area (Å²) < 4.78 is 24.1. The molecule has 0 unspecified atom stereocenters. The van der Waals surface area contributed by atoms with Crippen molar-refractivity contribution in [2.24, 2.45) is 0 Å². The van der Waals surface area contributed by atoms with Gasteiger partial charge in [0.2, 0.25) is 0 Å². The van der Waals surface area contributed by atoms with Gasteiger partial charge >= 0.3 is 12.0 Å². The molecular formula is C11H13F2N3O3. The molecule has 19 heavy (non-hydrogen) atoms. The van der Waals surface area contributed by atoms with E-state index in [1.807, 2.05) is 0 Å². The normalized spacial score (nSPS) is 10.3. The average molecular weight is 273 g/mol. The summed E-state index contributed by atoms with van der Waals surface area (Å²) in [4.78, 5) is 26.6. The number of nitrogens with one attached hydrogen (secondary N) is 1. The van der Waals surface area contributed by atoms with Gasteiger partial charge in [-0.25, -0.2) is 13.6 Å². The third-order valence-electron chi connectivity index (χ3n) is 2.17. The molecule has 0 bridgehead atoms. The first-order valence-corrected chi connectivity index (χ1v) is 5.35. The zero-order valence-electron chi connectivity index (χ0n) is 10.1. The minimum Gasteiger partial charge on any atom is -0.481 e. The van der Waals surface area contributed by atoms with Crippen LogP contribution in [0.15, 0.2) is 18.3 Å². The van der Waals surface area contributed by atoms with Gasteiger partial charge in [-0.2, -0.15) is 0 Å². The summed E-state index contributed by atoms with van der Waals surface area (Å²) in [6, 6.07) is 2.21. The van der Waals surface area contributed by atoms with Crippen molar-refractivity contribution in [2.45, 2.75) is 12.8 Å². The van der Waals surface area contributed by atoms with Crippen LogP contribution in [0.25, 0.3) is 0 Å². The number of carbonyl (C=O) groups excluding carboxylic acids is 1. The van der Waals surface area contributed by atoms with Gasteiger partial charge in [-0.3, -0.25) is 9.78 Å². The Kier molecular flexibility index (Phi) is 5.16. The number of hydrogen-bond donors (Lipinski definition) is 2. The number of carboxylic acids is 1. The zero-order chi connectivity index (χ0) is 14.4. The summed E-state index contributed by atoms with van der Waals surface area (Å²) in [5.74, 6) is -1.01. The lowest BCUT2D eigenvalue weighted by Crippen LogP contribution is -2.34. The Morgan fingerprint density at radius 1 is 1.47 bits per heavy atom. The molecule has 104 valence electrons. The predicted octanol–water partition coefficient (Wildman–Crippen LogP) is 1.44. The fourth-order valence-corrected chi connectivity index (χ4v) is 1.27. The molecule has 0 atom stereocenters. The Balaban J connectivity index is 2.57. The number of rotatable bonds is 5. The molecule has 1 aromatic rings. The summed E-state index contributed by atoms with van der Waals surface area (Å²) in [5.41, 5.74) is 0.645. The summed E-state index contributed by atoms with van der Waals surface area (Å²) >= 11 is 0. The Labute approximate surface area is 108 Å². The number of hydrogen-bond acceptors (Lipinski definition) is 3. The van der Waals surface area contributed by atoms with Crippen LogP contribution in [0.4, 0.5) is 19.3 Å². The van der Waals surface area contributed by atoms with E-state index in [-0.39, 0.29) is 6.42 Å². The van der Waals surface area contributed by atoms with Crippen LogP contribution in [0.1, 0.15) is 5.69 Å². The number of carboxylic acid groups (broad SMARTS) is 1. The molecule has 0 saturated heterocycles. The predicted molar refractivity (Wildman–Crippen MR) is 63.2 cm³/mol. The molecule has 2 N–H and O–H groups in total. The van der Waals surface area contributed by atoms with Gasteiger partial charge in [0.05, 0.1) is 30.5 Å². The van der Waals surface area contributed by atoms with Crippen molar-refractivity contribution in [3.05, 3.63) is 24.0 Å². The Morgan fingerprint density at radius 2 is 2.16 bits per heavy atom. The Bertz CT molecular complexity index is 451. The van der Waals surface area contributed by atoms with E-state index < -0.39 is 25.0 Å². The fraction of sp³-hybridized carbons (Fsp3) is 0.364. The van der Waals surface area contributed by atoms with Crippen LogP contribution in [0.5, 0.6) is 0 Å². The van der Waals surface area contributed by atoms with Crippen molar-refractivity contribution >= 4 is 17.7 Å².